The predicted octanol–water partition coefficient (Wildman–Crippen LogP) is 3.72. The number of carbonyl (C=O) groups excluding carboxylic acids is 1. The smallest absolute Gasteiger partial charge is 0.149 e. The minimum atomic E-state index is 0.342. The van der Waals surface area contributed by atoms with Crippen molar-refractivity contribution in [1.82, 2.24) is 4.90 Å². The lowest BCUT2D eigenvalue weighted by molar-refractivity contribution is -0.124. The quantitative estimate of drug-likeness (QED) is 0.781. The number of thiophene rings is 1. The van der Waals surface area contributed by atoms with Gasteiger partial charge in [0.15, 0.2) is 0 Å². The SMILES string of the molecule is CC(C)N(CC(=O)C1CCCC1)Cc1cccs1. The Kier molecular flexibility index (Phi) is 4.95. The van der Waals surface area contributed by atoms with Crippen LogP contribution in [0.15, 0.2) is 17.5 Å². The molecule has 0 unspecified atom stereocenters. The molecule has 0 atom stereocenters. The third-order valence-electron chi connectivity index (χ3n) is 3.84. The van der Waals surface area contributed by atoms with Crippen LogP contribution in [0.25, 0.3) is 0 Å². The highest BCUT2D eigenvalue weighted by atomic mass is 32.1. The zero-order valence-corrected chi connectivity index (χ0v) is 12.2. The summed E-state index contributed by atoms with van der Waals surface area (Å²) in [6.07, 6.45) is 4.71. The summed E-state index contributed by atoms with van der Waals surface area (Å²) in [5, 5.41) is 2.10. The second-order valence-corrected chi connectivity index (χ2v) is 6.56. The van der Waals surface area contributed by atoms with E-state index in [-0.39, 0.29) is 0 Å². The lowest BCUT2D eigenvalue weighted by Crippen LogP contribution is -2.36. The van der Waals surface area contributed by atoms with Gasteiger partial charge in [0.2, 0.25) is 0 Å². The maximum Gasteiger partial charge on any atom is 0.149 e. The normalized spacial score (nSPS) is 16.9. The van der Waals surface area contributed by atoms with Crippen LogP contribution in [0, 0.1) is 5.92 Å². The first kappa shape index (κ1) is 13.8. The molecule has 0 bridgehead atoms. The average Bonchev–Trinajstić information content (AvgIpc) is 3.00. The number of hydrogen-bond donors (Lipinski definition) is 0. The lowest BCUT2D eigenvalue weighted by atomic mass is 10.0. The van der Waals surface area contributed by atoms with Crippen molar-refractivity contribution in [3.63, 3.8) is 0 Å². The largest absolute Gasteiger partial charge is 0.298 e. The Morgan fingerprint density at radius 3 is 2.72 bits per heavy atom. The third-order valence-corrected chi connectivity index (χ3v) is 4.70. The van der Waals surface area contributed by atoms with E-state index in [1.165, 1.54) is 17.7 Å². The monoisotopic (exact) mass is 265 g/mol. The van der Waals surface area contributed by atoms with Gasteiger partial charge in [0, 0.05) is 23.4 Å². The van der Waals surface area contributed by atoms with Crippen LogP contribution in [-0.2, 0) is 11.3 Å². The highest BCUT2D eigenvalue weighted by Gasteiger charge is 2.25. The number of rotatable bonds is 6. The van der Waals surface area contributed by atoms with Gasteiger partial charge < -0.3 is 0 Å². The molecule has 1 heterocycles. The predicted molar refractivity (Wildman–Crippen MR) is 76.8 cm³/mol. The molecule has 0 radical (unpaired) electrons. The summed E-state index contributed by atoms with van der Waals surface area (Å²) in [6.45, 7) is 5.89. The minimum absolute atomic E-state index is 0.342. The molecule has 1 fully saturated rings. The molecule has 0 N–H and O–H groups in total. The van der Waals surface area contributed by atoms with Gasteiger partial charge >= 0.3 is 0 Å². The fourth-order valence-corrected chi connectivity index (χ4v) is 3.33. The average molecular weight is 265 g/mol. The van der Waals surface area contributed by atoms with E-state index in [2.05, 4.69) is 36.3 Å². The first-order valence-corrected chi connectivity index (χ1v) is 7.84. The first-order valence-electron chi connectivity index (χ1n) is 6.96. The van der Waals surface area contributed by atoms with Crippen molar-refractivity contribution in [2.24, 2.45) is 5.92 Å². The van der Waals surface area contributed by atoms with E-state index in [1.807, 2.05) is 0 Å². The van der Waals surface area contributed by atoms with Crippen molar-refractivity contribution < 1.29 is 4.79 Å². The van der Waals surface area contributed by atoms with Crippen molar-refractivity contribution in [3.8, 4) is 0 Å². The molecule has 2 rings (SSSR count). The molecule has 0 aliphatic heterocycles. The zero-order chi connectivity index (χ0) is 13.0. The van der Waals surface area contributed by atoms with E-state index >= 15 is 0 Å². The second kappa shape index (κ2) is 6.48. The summed E-state index contributed by atoms with van der Waals surface area (Å²) < 4.78 is 0. The lowest BCUT2D eigenvalue weighted by Gasteiger charge is -2.26. The third kappa shape index (κ3) is 3.66. The van der Waals surface area contributed by atoms with Crippen molar-refractivity contribution in [2.75, 3.05) is 6.54 Å². The fraction of sp³-hybridized carbons (Fsp3) is 0.667. The van der Waals surface area contributed by atoms with Crippen LogP contribution in [0.2, 0.25) is 0 Å². The van der Waals surface area contributed by atoms with Gasteiger partial charge in [0.05, 0.1) is 6.54 Å². The maximum absolute atomic E-state index is 12.3. The number of carbonyl (C=O) groups is 1. The molecule has 1 aliphatic rings. The van der Waals surface area contributed by atoms with Crippen LogP contribution < -0.4 is 0 Å². The summed E-state index contributed by atoms with van der Waals surface area (Å²) in [5.41, 5.74) is 0. The number of ketones is 1. The van der Waals surface area contributed by atoms with Crippen molar-refractivity contribution >= 4 is 17.1 Å². The van der Waals surface area contributed by atoms with Gasteiger partial charge in [0.25, 0.3) is 0 Å². The highest BCUT2D eigenvalue weighted by molar-refractivity contribution is 7.09. The summed E-state index contributed by atoms with van der Waals surface area (Å²) in [6, 6.07) is 4.66. The molecule has 18 heavy (non-hydrogen) atoms. The van der Waals surface area contributed by atoms with Crippen LogP contribution in [0.3, 0.4) is 0 Å². The Morgan fingerprint density at radius 2 is 2.17 bits per heavy atom. The van der Waals surface area contributed by atoms with Gasteiger partial charge in [-0.2, -0.15) is 0 Å². The molecule has 1 aromatic rings. The van der Waals surface area contributed by atoms with Crippen LogP contribution in [0.4, 0.5) is 0 Å². The van der Waals surface area contributed by atoms with Gasteiger partial charge in [-0.15, -0.1) is 11.3 Å². The molecule has 1 saturated carbocycles. The molecule has 1 aliphatic carbocycles. The highest BCUT2D eigenvalue weighted by Crippen LogP contribution is 2.26. The molecule has 0 aromatic carbocycles. The number of hydrogen-bond acceptors (Lipinski definition) is 3. The molecule has 2 nitrogen and oxygen atoms in total. The van der Waals surface area contributed by atoms with Gasteiger partial charge in [-0.25, -0.2) is 0 Å². The van der Waals surface area contributed by atoms with Gasteiger partial charge in [0.1, 0.15) is 5.78 Å². The van der Waals surface area contributed by atoms with Gasteiger partial charge in [-0.3, -0.25) is 9.69 Å². The van der Waals surface area contributed by atoms with Crippen LogP contribution >= 0.6 is 11.3 Å². The first-order chi connectivity index (χ1) is 8.66. The topological polar surface area (TPSA) is 20.3 Å². The van der Waals surface area contributed by atoms with Crippen LogP contribution in [0.5, 0.6) is 0 Å². The molecular weight excluding hydrogens is 242 g/mol. The second-order valence-electron chi connectivity index (χ2n) is 5.53. The Hall–Kier alpha value is -0.670. The van der Waals surface area contributed by atoms with E-state index in [1.54, 1.807) is 11.3 Å². The van der Waals surface area contributed by atoms with Crippen molar-refractivity contribution in [3.05, 3.63) is 22.4 Å². The molecule has 0 saturated heterocycles. The van der Waals surface area contributed by atoms with Crippen LogP contribution in [0.1, 0.15) is 44.4 Å². The Labute approximate surface area is 114 Å². The van der Waals surface area contributed by atoms with E-state index < -0.39 is 0 Å². The summed E-state index contributed by atoms with van der Waals surface area (Å²) in [4.78, 5) is 15.9. The summed E-state index contributed by atoms with van der Waals surface area (Å²) >= 11 is 1.78. The molecule has 1 aromatic heterocycles. The van der Waals surface area contributed by atoms with Crippen molar-refractivity contribution in [2.45, 2.75) is 52.1 Å². The number of nitrogens with zero attached hydrogens (tertiary/aromatic N) is 1. The summed E-state index contributed by atoms with van der Waals surface area (Å²) in [5.74, 6) is 0.798. The fourth-order valence-electron chi connectivity index (χ4n) is 2.60. The van der Waals surface area contributed by atoms with Crippen molar-refractivity contribution in [1.29, 1.82) is 0 Å². The standard InChI is InChI=1S/C15H23NOS/c1-12(2)16(10-14-8-5-9-18-14)11-15(17)13-6-3-4-7-13/h5,8-9,12-13H,3-4,6-7,10-11H2,1-2H3. The van der Waals surface area contributed by atoms with E-state index in [0.717, 1.165) is 19.4 Å². The summed E-state index contributed by atoms with van der Waals surface area (Å²) in [7, 11) is 0. The minimum Gasteiger partial charge on any atom is -0.298 e. The Balaban J connectivity index is 1.91. The Morgan fingerprint density at radius 1 is 1.44 bits per heavy atom. The maximum atomic E-state index is 12.3. The van der Waals surface area contributed by atoms with E-state index in [4.69, 9.17) is 0 Å². The molecular formula is C15H23NOS. The molecule has 3 heteroatoms. The van der Waals surface area contributed by atoms with Crippen LogP contribution in [-0.4, -0.2) is 23.3 Å². The van der Waals surface area contributed by atoms with Gasteiger partial charge in [-0.05, 0) is 38.1 Å². The van der Waals surface area contributed by atoms with E-state index in [0.29, 0.717) is 24.3 Å². The number of Topliss-reactive ketones (excluding diaryl/α,β-unsaturated/α-hetero) is 1. The Bertz CT molecular complexity index is 366. The van der Waals surface area contributed by atoms with E-state index in [9.17, 15) is 4.79 Å². The zero-order valence-electron chi connectivity index (χ0n) is 11.4. The molecule has 0 spiro atoms. The molecule has 100 valence electrons. The van der Waals surface area contributed by atoms with Gasteiger partial charge in [-0.1, -0.05) is 18.9 Å². The molecule has 0 amide bonds.